The summed E-state index contributed by atoms with van der Waals surface area (Å²) in [5.41, 5.74) is 1.64. The summed E-state index contributed by atoms with van der Waals surface area (Å²) in [4.78, 5) is 34.0. The number of nitrogens with zero attached hydrogens (tertiary/aromatic N) is 1. The molecular weight excluding hydrogens is 326 g/mol. The Kier molecular flexibility index (Phi) is 5.67. The van der Waals surface area contributed by atoms with Crippen molar-refractivity contribution in [2.45, 2.75) is 6.92 Å². The maximum atomic E-state index is 12.1. The molecule has 0 atom stereocenters. The van der Waals surface area contributed by atoms with Gasteiger partial charge in [-0.2, -0.15) is 0 Å². The quantitative estimate of drug-likeness (QED) is 0.474. The van der Waals surface area contributed by atoms with E-state index in [1.807, 2.05) is 0 Å². The Morgan fingerprint density at radius 3 is 2.60 bits per heavy atom. The fraction of sp³-hybridized carbons (Fsp3) is 0.176. The number of carbonyl (C=O) groups excluding carboxylic acids is 2. The SMILES string of the molecule is COC(=O)c1cccc(NCC(=O)Nc2cccc([N+](=O)[O-])c2C)c1. The molecule has 2 N–H and O–H groups in total. The number of methoxy groups -OCH3 is 1. The first kappa shape index (κ1) is 17.9. The summed E-state index contributed by atoms with van der Waals surface area (Å²) in [6.45, 7) is 1.51. The van der Waals surface area contributed by atoms with Gasteiger partial charge in [0.1, 0.15) is 0 Å². The van der Waals surface area contributed by atoms with E-state index in [0.29, 0.717) is 22.5 Å². The van der Waals surface area contributed by atoms with Crippen LogP contribution in [0.15, 0.2) is 42.5 Å². The van der Waals surface area contributed by atoms with Gasteiger partial charge in [0.05, 0.1) is 35.4 Å². The first-order valence-corrected chi connectivity index (χ1v) is 7.38. The molecule has 8 nitrogen and oxygen atoms in total. The standard InChI is InChI=1S/C17H17N3O5/c1-11-14(7-4-8-15(11)20(23)24)19-16(21)10-18-13-6-3-5-12(9-13)17(22)25-2/h3-9,18H,10H2,1-2H3,(H,19,21). The van der Waals surface area contributed by atoms with Gasteiger partial charge in [-0.05, 0) is 31.2 Å². The number of nitrogens with one attached hydrogen (secondary N) is 2. The Morgan fingerprint density at radius 2 is 1.92 bits per heavy atom. The predicted molar refractivity (Wildman–Crippen MR) is 92.7 cm³/mol. The van der Waals surface area contributed by atoms with Crippen LogP contribution in [0.25, 0.3) is 0 Å². The van der Waals surface area contributed by atoms with Crippen molar-refractivity contribution in [3.8, 4) is 0 Å². The van der Waals surface area contributed by atoms with Crippen molar-refractivity contribution in [3.05, 3.63) is 63.7 Å². The van der Waals surface area contributed by atoms with E-state index in [9.17, 15) is 19.7 Å². The fourth-order valence-corrected chi connectivity index (χ4v) is 2.21. The Hall–Kier alpha value is -3.42. The highest BCUT2D eigenvalue weighted by Crippen LogP contribution is 2.24. The lowest BCUT2D eigenvalue weighted by atomic mass is 10.1. The number of rotatable bonds is 6. The molecule has 25 heavy (non-hydrogen) atoms. The van der Waals surface area contributed by atoms with Crippen LogP contribution < -0.4 is 10.6 Å². The van der Waals surface area contributed by atoms with Crippen LogP contribution >= 0.6 is 0 Å². The predicted octanol–water partition coefficient (Wildman–Crippen LogP) is 2.74. The lowest BCUT2D eigenvalue weighted by Gasteiger charge is -2.10. The van der Waals surface area contributed by atoms with Gasteiger partial charge in [0.15, 0.2) is 0 Å². The van der Waals surface area contributed by atoms with E-state index in [-0.39, 0.29) is 18.1 Å². The van der Waals surface area contributed by atoms with E-state index in [1.54, 1.807) is 37.3 Å². The number of benzene rings is 2. The van der Waals surface area contributed by atoms with Crippen LogP contribution in [0, 0.1) is 17.0 Å². The molecule has 2 aromatic carbocycles. The molecule has 0 aliphatic carbocycles. The van der Waals surface area contributed by atoms with Gasteiger partial charge in [-0.25, -0.2) is 4.79 Å². The Morgan fingerprint density at radius 1 is 1.20 bits per heavy atom. The van der Waals surface area contributed by atoms with E-state index in [4.69, 9.17) is 0 Å². The molecule has 0 fully saturated rings. The summed E-state index contributed by atoms with van der Waals surface area (Å²) in [6.07, 6.45) is 0. The second-order valence-electron chi connectivity index (χ2n) is 5.18. The smallest absolute Gasteiger partial charge is 0.337 e. The minimum atomic E-state index is -0.498. The summed E-state index contributed by atoms with van der Waals surface area (Å²) < 4.78 is 4.64. The van der Waals surface area contributed by atoms with E-state index in [2.05, 4.69) is 15.4 Å². The minimum absolute atomic E-state index is 0.0588. The number of hydrogen-bond acceptors (Lipinski definition) is 6. The maximum Gasteiger partial charge on any atom is 0.337 e. The lowest BCUT2D eigenvalue weighted by Crippen LogP contribution is -2.22. The fourth-order valence-electron chi connectivity index (χ4n) is 2.21. The summed E-state index contributed by atoms with van der Waals surface area (Å²) in [5.74, 6) is -0.840. The van der Waals surface area contributed by atoms with Gasteiger partial charge in [-0.1, -0.05) is 12.1 Å². The third-order valence-electron chi connectivity index (χ3n) is 3.51. The van der Waals surface area contributed by atoms with Crippen molar-refractivity contribution >= 4 is 28.9 Å². The monoisotopic (exact) mass is 343 g/mol. The van der Waals surface area contributed by atoms with Crippen LogP contribution in [0.3, 0.4) is 0 Å². The molecule has 0 bridgehead atoms. The van der Waals surface area contributed by atoms with Gasteiger partial charge >= 0.3 is 5.97 Å². The van der Waals surface area contributed by atoms with E-state index in [0.717, 1.165) is 0 Å². The first-order valence-electron chi connectivity index (χ1n) is 7.38. The van der Waals surface area contributed by atoms with Crippen LogP contribution in [0.4, 0.5) is 17.1 Å². The number of hydrogen-bond donors (Lipinski definition) is 2. The van der Waals surface area contributed by atoms with Crippen LogP contribution in [-0.4, -0.2) is 30.5 Å². The highest BCUT2D eigenvalue weighted by atomic mass is 16.6. The first-order chi connectivity index (χ1) is 11.9. The van der Waals surface area contributed by atoms with Crippen LogP contribution in [-0.2, 0) is 9.53 Å². The minimum Gasteiger partial charge on any atom is -0.465 e. The Balaban J connectivity index is 2.01. The van der Waals surface area contributed by atoms with Crippen molar-refractivity contribution < 1.29 is 19.2 Å². The summed E-state index contributed by atoms with van der Waals surface area (Å²) in [7, 11) is 1.29. The lowest BCUT2D eigenvalue weighted by molar-refractivity contribution is -0.385. The number of ether oxygens (including phenoxy) is 1. The summed E-state index contributed by atoms with van der Waals surface area (Å²) >= 11 is 0. The van der Waals surface area contributed by atoms with Gasteiger partial charge in [-0.15, -0.1) is 0 Å². The van der Waals surface area contributed by atoms with Gasteiger partial charge in [0.25, 0.3) is 5.69 Å². The molecule has 0 saturated heterocycles. The number of nitro groups is 1. The molecule has 0 aliphatic heterocycles. The molecule has 0 aromatic heterocycles. The van der Waals surface area contributed by atoms with E-state index >= 15 is 0 Å². The second kappa shape index (κ2) is 7.91. The largest absolute Gasteiger partial charge is 0.465 e. The molecule has 1 amide bonds. The average molecular weight is 343 g/mol. The van der Waals surface area contributed by atoms with E-state index < -0.39 is 10.9 Å². The maximum absolute atomic E-state index is 12.1. The number of nitro benzene ring substituents is 1. The number of amides is 1. The van der Waals surface area contributed by atoms with Crippen molar-refractivity contribution in [2.24, 2.45) is 0 Å². The highest BCUT2D eigenvalue weighted by molar-refractivity contribution is 5.95. The molecule has 2 rings (SSSR count). The van der Waals surface area contributed by atoms with E-state index in [1.165, 1.54) is 19.2 Å². The summed E-state index contributed by atoms with van der Waals surface area (Å²) in [5, 5.41) is 16.4. The number of esters is 1. The van der Waals surface area contributed by atoms with Gasteiger partial charge in [-0.3, -0.25) is 14.9 Å². The van der Waals surface area contributed by atoms with Gasteiger partial charge in [0.2, 0.25) is 5.91 Å². The number of anilines is 2. The Bertz CT molecular complexity index is 820. The molecule has 8 heteroatoms. The topological polar surface area (TPSA) is 111 Å². The third-order valence-corrected chi connectivity index (χ3v) is 3.51. The molecular formula is C17H17N3O5. The van der Waals surface area contributed by atoms with Crippen LogP contribution in [0.2, 0.25) is 0 Å². The van der Waals surface area contributed by atoms with Crippen LogP contribution in [0.5, 0.6) is 0 Å². The van der Waals surface area contributed by atoms with Gasteiger partial charge in [0, 0.05) is 11.8 Å². The van der Waals surface area contributed by atoms with Crippen molar-refractivity contribution in [1.29, 1.82) is 0 Å². The van der Waals surface area contributed by atoms with Crippen LogP contribution in [0.1, 0.15) is 15.9 Å². The highest BCUT2D eigenvalue weighted by Gasteiger charge is 2.14. The molecule has 130 valence electrons. The average Bonchev–Trinajstić information content (AvgIpc) is 2.61. The Labute approximate surface area is 144 Å². The molecule has 0 spiro atoms. The normalized spacial score (nSPS) is 10.0. The zero-order chi connectivity index (χ0) is 18.4. The van der Waals surface area contributed by atoms with Gasteiger partial charge < -0.3 is 15.4 Å². The molecule has 0 radical (unpaired) electrons. The van der Waals surface area contributed by atoms with Crippen molar-refractivity contribution in [2.75, 3.05) is 24.3 Å². The molecule has 0 aliphatic rings. The molecule has 0 unspecified atom stereocenters. The van der Waals surface area contributed by atoms with Crippen molar-refractivity contribution in [3.63, 3.8) is 0 Å². The zero-order valence-corrected chi connectivity index (χ0v) is 13.7. The summed E-state index contributed by atoms with van der Waals surface area (Å²) in [6, 6.07) is 11.0. The number of carbonyl (C=O) groups is 2. The third kappa shape index (κ3) is 4.54. The van der Waals surface area contributed by atoms with Crippen molar-refractivity contribution in [1.82, 2.24) is 0 Å². The molecule has 2 aromatic rings. The zero-order valence-electron chi connectivity index (χ0n) is 13.7. The molecule has 0 saturated carbocycles. The molecule has 0 heterocycles. The second-order valence-corrected chi connectivity index (χ2v) is 5.18.